The molecular weight excluding hydrogens is 242 g/mol. The summed E-state index contributed by atoms with van der Waals surface area (Å²) in [6.07, 6.45) is 1.12. The largest absolute Gasteiger partial charge is 0.355 e. The lowest BCUT2D eigenvalue weighted by atomic mass is 9.93. The highest BCUT2D eigenvalue weighted by atomic mass is 16.2. The molecule has 0 aliphatic carbocycles. The molecule has 0 saturated heterocycles. The van der Waals surface area contributed by atoms with E-state index in [1.165, 1.54) is 0 Å². The number of hydrogen-bond acceptors (Lipinski definition) is 3. The molecule has 0 heterocycles. The van der Waals surface area contributed by atoms with Gasteiger partial charge in [-0.05, 0) is 31.0 Å². The molecule has 5 heteroatoms. The minimum Gasteiger partial charge on any atom is -0.355 e. The summed E-state index contributed by atoms with van der Waals surface area (Å²) in [6.45, 7) is 3.76. The Labute approximate surface area is 113 Å². The number of nitrogens with one attached hydrogen (secondary N) is 2. The van der Waals surface area contributed by atoms with Crippen LogP contribution in [0.1, 0.15) is 37.0 Å². The lowest BCUT2D eigenvalue weighted by Crippen LogP contribution is -2.50. The van der Waals surface area contributed by atoms with Crippen molar-refractivity contribution in [2.45, 2.75) is 32.2 Å². The molecule has 2 amide bonds. The Hall–Kier alpha value is -1.88. The first-order valence-corrected chi connectivity index (χ1v) is 6.39. The van der Waals surface area contributed by atoms with Gasteiger partial charge >= 0.3 is 0 Å². The fraction of sp³-hybridized carbons (Fsp3) is 0.429. The number of benzene rings is 1. The van der Waals surface area contributed by atoms with Crippen molar-refractivity contribution in [3.63, 3.8) is 0 Å². The fourth-order valence-corrected chi connectivity index (χ4v) is 1.71. The van der Waals surface area contributed by atoms with E-state index >= 15 is 0 Å². The van der Waals surface area contributed by atoms with Crippen LogP contribution in [0.5, 0.6) is 0 Å². The van der Waals surface area contributed by atoms with Gasteiger partial charge in [-0.3, -0.25) is 9.59 Å². The summed E-state index contributed by atoms with van der Waals surface area (Å²) in [5.74, 6) is -0.423. The third-order valence-electron chi connectivity index (χ3n) is 3.32. The second-order valence-corrected chi connectivity index (χ2v) is 4.48. The highest BCUT2D eigenvalue weighted by Gasteiger charge is 2.29. The Kier molecular flexibility index (Phi) is 5.06. The molecular formula is C14H21N3O2. The highest BCUT2D eigenvalue weighted by Crippen LogP contribution is 2.16. The molecule has 1 aromatic carbocycles. The molecule has 4 N–H and O–H groups in total. The van der Waals surface area contributed by atoms with Crippen molar-refractivity contribution in [3.8, 4) is 0 Å². The second-order valence-electron chi connectivity index (χ2n) is 4.48. The van der Waals surface area contributed by atoms with Crippen LogP contribution in [0.15, 0.2) is 24.3 Å². The smallest absolute Gasteiger partial charge is 0.251 e. The molecule has 5 nitrogen and oxygen atoms in total. The zero-order valence-electron chi connectivity index (χ0n) is 11.6. The summed E-state index contributed by atoms with van der Waals surface area (Å²) in [5, 5.41) is 5.30. The maximum atomic E-state index is 12.1. The van der Waals surface area contributed by atoms with Gasteiger partial charge < -0.3 is 16.4 Å². The SMILES string of the molecule is CCC(N)(CC)C(=O)Nc1cccc(C(=O)NC)c1. The zero-order chi connectivity index (χ0) is 14.5. The van der Waals surface area contributed by atoms with Crippen LogP contribution in [-0.4, -0.2) is 24.4 Å². The van der Waals surface area contributed by atoms with E-state index in [4.69, 9.17) is 5.73 Å². The average Bonchev–Trinajstić information content (AvgIpc) is 2.45. The topological polar surface area (TPSA) is 84.2 Å². The van der Waals surface area contributed by atoms with Gasteiger partial charge in [0.1, 0.15) is 0 Å². The van der Waals surface area contributed by atoms with E-state index in [2.05, 4.69) is 10.6 Å². The first-order chi connectivity index (χ1) is 8.96. The van der Waals surface area contributed by atoms with Gasteiger partial charge in [0.25, 0.3) is 5.91 Å². The van der Waals surface area contributed by atoms with E-state index in [-0.39, 0.29) is 11.8 Å². The van der Waals surface area contributed by atoms with Crippen molar-refractivity contribution >= 4 is 17.5 Å². The minimum atomic E-state index is -0.872. The van der Waals surface area contributed by atoms with E-state index < -0.39 is 5.54 Å². The van der Waals surface area contributed by atoms with E-state index in [1.54, 1.807) is 31.3 Å². The summed E-state index contributed by atoms with van der Waals surface area (Å²) in [6, 6.07) is 6.76. The first kappa shape index (κ1) is 15.2. The van der Waals surface area contributed by atoms with Crippen molar-refractivity contribution in [1.29, 1.82) is 0 Å². The predicted molar refractivity (Wildman–Crippen MR) is 76.0 cm³/mol. The van der Waals surface area contributed by atoms with Crippen LogP contribution in [0.4, 0.5) is 5.69 Å². The van der Waals surface area contributed by atoms with Gasteiger partial charge in [-0.2, -0.15) is 0 Å². The standard InChI is InChI=1S/C14H21N3O2/c1-4-14(15,5-2)13(19)17-11-8-6-7-10(9-11)12(18)16-3/h6-9H,4-5,15H2,1-3H3,(H,16,18)(H,17,19). The molecule has 0 unspecified atom stereocenters. The van der Waals surface area contributed by atoms with Crippen molar-refractivity contribution in [2.75, 3.05) is 12.4 Å². The number of hydrogen-bond donors (Lipinski definition) is 3. The lowest BCUT2D eigenvalue weighted by molar-refractivity contribution is -0.121. The van der Waals surface area contributed by atoms with Gasteiger partial charge in [0.2, 0.25) is 5.91 Å². The average molecular weight is 263 g/mol. The van der Waals surface area contributed by atoms with Crippen LogP contribution in [0, 0.1) is 0 Å². The Balaban J connectivity index is 2.88. The van der Waals surface area contributed by atoms with Gasteiger partial charge in [-0.15, -0.1) is 0 Å². The lowest BCUT2D eigenvalue weighted by Gasteiger charge is -2.25. The first-order valence-electron chi connectivity index (χ1n) is 6.39. The fourth-order valence-electron chi connectivity index (χ4n) is 1.71. The molecule has 0 atom stereocenters. The van der Waals surface area contributed by atoms with Crippen molar-refractivity contribution in [2.24, 2.45) is 5.73 Å². The van der Waals surface area contributed by atoms with E-state index in [0.717, 1.165) is 0 Å². The van der Waals surface area contributed by atoms with Crippen LogP contribution >= 0.6 is 0 Å². The predicted octanol–water partition coefficient (Wildman–Crippen LogP) is 1.50. The normalized spacial score (nSPS) is 10.9. The van der Waals surface area contributed by atoms with E-state index in [9.17, 15) is 9.59 Å². The number of rotatable bonds is 5. The van der Waals surface area contributed by atoms with Crippen molar-refractivity contribution in [1.82, 2.24) is 5.32 Å². The molecule has 1 aromatic rings. The summed E-state index contributed by atoms with van der Waals surface area (Å²) in [4.78, 5) is 23.6. The summed E-state index contributed by atoms with van der Waals surface area (Å²) >= 11 is 0. The minimum absolute atomic E-state index is 0.193. The molecule has 104 valence electrons. The number of carbonyl (C=O) groups excluding carboxylic acids is 2. The number of anilines is 1. The van der Waals surface area contributed by atoms with Crippen LogP contribution in [0.3, 0.4) is 0 Å². The number of nitrogens with two attached hydrogens (primary N) is 1. The Morgan fingerprint density at radius 2 is 1.89 bits per heavy atom. The van der Waals surface area contributed by atoms with Gasteiger partial charge in [-0.1, -0.05) is 19.9 Å². The number of amides is 2. The van der Waals surface area contributed by atoms with Gasteiger partial charge in [0, 0.05) is 18.3 Å². The van der Waals surface area contributed by atoms with Crippen molar-refractivity contribution < 1.29 is 9.59 Å². The molecule has 0 aliphatic heterocycles. The van der Waals surface area contributed by atoms with Gasteiger partial charge in [-0.25, -0.2) is 0 Å². The van der Waals surface area contributed by atoms with Gasteiger partial charge in [0.15, 0.2) is 0 Å². The van der Waals surface area contributed by atoms with Crippen LogP contribution in [0.25, 0.3) is 0 Å². The molecule has 0 saturated carbocycles. The molecule has 0 aromatic heterocycles. The van der Waals surface area contributed by atoms with Crippen LogP contribution in [0.2, 0.25) is 0 Å². The Morgan fingerprint density at radius 3 is 2.42 bits per heavy atom. The third-order valence-corrected chi connectivity index (χ3v) is 3.32. The summed E-state index contributed by atoms with van der Waals surface area (Å²) in [7, 11) is 1.56. The Bertz CT molecular complexity index is 468. The van der Waals surface area contributed by atoms with E-state index in [1.807, 2.05) is 13.8 Å². The molecule has 0 spiro atoms. The number of carbonyl (C=O) groups is 2. The third kappa shape index (κ3) is 3.54. The molecule has 0 radical (unpaired) electrons. The summed E-state index contributed by atoms with van der Waals surface area (Å²) < 4.78 is 0. The quantitative estimate of drug-likeness (QED) is 0.752. The maximum absolute atomic E-state index is 12.1. The molecule has 0 fully saturated rings. The monoisotopic (exact) mass is 263 g/mol. The molecule has 0 bridgehead atoms. The maximum Gasteiger partial charge on any atom is 0.251 e. The van der Waals surface area contributed by atoms with E-state index in [0.29, 0.717) is 24.1 Å². The summed E-state index contributed by atoms with van der Waals surface area (Å²) in [5.41, 5.74) is 6.22. The highest BCUT2D eigenvalue weighted by molar-refractivity contribution is 6.00. The zero-order valence-corrected chi connectivity index (χ0v) is 11.6. The van der Waals surface area contributed by atoms with Crippen molar-refractivity contribution in [3.05, 3.63) is 29.8 Å². The Morgan fingerprint density at radius 1 is 1.26 bits per heavy atom. The molecule has 19 heavy (non-hydrogen) atoms. The van der Waals surface area contributed by atoms with Crippen LogP contribution in [-0.2, 0) is 4.79 Å². The molecule has 0 aliphatic rings. The molecule has 1 rings (SSSR count). The van der Waals surface area contributed by atoms with Gasteiger partial charge in [0.05, 0.1) is 5.54 Å². The van der Waals surface area contributed by atoms with Crippen LogP contribution < -0.4 is 16.4 Å². The second kappa shape index (κ2) is 6.33.